The van der Waals surface area contributed by atoms with Crippen molar-refractivity contribution in [3.05, 3.63) is 66.2 Å². The fourth-order valence-corrected chi connectivity index (χ4v) is 2.33. The molecule has 2 heterocycles. The van der Waals surface area contributed by atoms with Crippen LogP contribution in [0.2, 0.25) is 0 Å². The number of methoxy groups -OCH3 is 1. The van der Waals surface area contributed by atoms with Crippen LogP contribution in [0.5, 0.6) is 5.75 Å². The molecule has 2 N–H and O–H groups in total. The second kappa shape index (κ2) is 5.27. The summed E-state index contributed by atoms with van der Waals surface area (Å²) in [6.45, 7) is 0. The minimum absolute atomic E-state index is 0.419. The number of nitrogens with two attached hydrogens (primary N) is 1. The lowest BCUT2D eigenvalue weighted by atomic mass is 10.0. The zero-order chi connectivity index (χ0) is 13.9. The summed E-state index contributed by atoms with van der Waals surface area (Å²) in [4.78, 5) is 8.78. The molecule has 20 heavy (non-hydrogen) atoms. The molecule has 2 aromatic heterocycles. The molecular formula is C16H15N3O. The summed E-state index contributed by atoms with van der Waals surface area (Å²) in [7, 11) is 1.61. The van der Waals surface area contributed by atoms with Gasteiger partial charge in [0.2, 0.25) is 0 Å². The maximum atomic E-state index is 6.35. The molecule has 0 saturated carbocycles. The lowest BCUT2D eigenvalue weighted by Crippen LogP contribution is -2.16. The van der Waals surface area contributed by atoms with Gasteiger partial charge in [-0.15, -0.1) is 0 Å². The Morgan fingerprint density at radius 1 is 0.950 bits per heavy atom. The zero-order valence-corrected chi connectivity index (χ0v) is 11.2. The molecule has 0 aliphatic rings. The minimum Gasteiger partial charge on any atom is -0.495 e. The van der Waals surface area contributed by atoms with E-state index in [9.17, 15) is 0 Å². The van der Waals surface area contributed by atoms with Gasteiger partial charge in [-0.25, -0.2) is 0 Å². The van der Waals surface area contributed by atoms with Crippen LogP contribution < -0.4 is 10.5 Å². The van der Waals surface area contributed by atoms with E-state index in [4.69, 9.17) is 10.5 Å². The highest BCUT2D eigenvalue weighted by Crippen LogP contribution is 2.28. The van der Waals surface area contributed by atoms with E-state index in [1.54, 1.807) is 19.5 Å². The fourth-order valence-electron chi connectivity index (χ4n) is 2.33. The second-order valence-electron chi connectivity index (χ2n) is 4.49. The number of rotatable bonds is 3. The number of aromatic nitrogens is 2. The Labute approximate surface area is 117 Å². The normalized spacial score (nSPS) is 12.3. The van der Waals surface area contributed by atoms with Gasteiger partial charge in [-0.05, 0) is 23.6 Å². The number of hydrogen-bond donors (Lipinski definition) is 1. The highest BCUT2D eigenvalue weighted by molar-refractivity contribution is 5.85. The Morgan fingerprint density at radius 2 is 1.75 bits per heavy atom. The van der Waals surface area contributed by atoms with Crippen LogP contribution in [0.15, 0.2) is 54.9 Å². The Hall–Kier alpha value is -2.46. The number of ether oxygens (including phenoxy) is 1. The summed E-state index contributed by atoms with van der Waals surface area (Å²) in [5.41, 5.74) is 7.85. The lowest BCUT2D eigenvalue weighted by Gasteiger charge is -2.15. The van der Waals surface area contributed by atoms with Crippen LogP contribution in [0.4, 0.5) is 0 Å². The number of pyridine rings is 2. The van der Waals surface area contributed by atoms with Gasteiger partial charge in [-0.2, -0.15) is 0 Å². The predicted molar refractivity (Wildman–Crippen MR) is 78.6 cm³/mol. The molecule has 100 valence electrons. The van der Waals surface area contributed by atoms with E-state index >= 15 is 0 Å². The van der Waals surface area contributed by atoms with Gasteiger partial charge in [0.1, 0.15) is 11.4 Å². The average Bonchev–Trinajstić information content (AvgIpc) is 2.53. The van der Waals surface area contributed by atoms with E-state index < -0.39 is 6.04 Å². The highest BCUT2D eigenvalue weighted by Gasteiger charge is 2.18. The maximum Gasteiger partial charge on any atom is 0.142 e. The predicted octanol–water partition coefficient (Wildman–Crippen LogP) is 2.69. The van der Waals surface area contributed by atoms with Crippen LogP contribution in [0.1, 0.15) is 17.4 Å². The SMILES string of the molecule is COc1cccnc1C(N)c1nccc2ccccc12. The molecule has 3 aromatic rings. The maximum absolute atomic E-state index is 6.35. The standard InChI is InChI=1S/C16H15N3O/c1-20-13-7-4-9-18-16(13)14(17)15-12-6-3-2-5-11(12)8-10-19-15/h2-10,14H,17H2,1H3. The van der Waals surface area contributed by atoms with Gasteiger partial charge >= 0.3 is 0 Å². The largest absolute Gasteiger partial charge is 0.495 e. The van der Waals surface area contributed by atoms with Crippen LogP contribution in [-0.2, 0) is 0 Å². The number of benzene rings is 1. The minimum atomic E-state index is -0.419. The summed E-state index contributed by atoms with van der Waals surface area (Å²) in [6, 6.07) is 13.3. The van der Waals surface area contributed by atoms with Gasteiger partial charge in [0, 0.05) is 17.8 Å². The number of nitrogens with zero attached hydrogens (tertiary/aromatic N) is 2. The Morgan fingerprint density at radius 3 is 2.60 bits per heavy atom. The lowest BCUT2D eigenvalue weighted by molar-refractivity contribution is 0.404. The van der Waals surface area contributed by atoms with Gasteiger partial charge < -0.3 is 10.5 Å². The summed E-state index contributed by atoms with van der Waals surface area (Å²) in [5.74, 6) is 0.676. The molecule has 1 atom stereocenters. The van der Waals surface area contributed by atoms with Crippen molar-refractivity contribution in [2.45, 2.75) is 6.04 Å². The van der Waals surface area contributed by atoms with E-state index in [2.05, 4.69) is 9.97 Å². The second-order valence-corrected chi connectivity index (χ2v) is 4.49. The Bertz CT molecular complexity index is 737. The topological polar surface area (TPSA) is 61.0 Å². The molecule has 0 spiro atoms. The molecule has 0 aliphatic carbocycles. The van der Waals surface area contributed by atoms with Crippen LogP contribution in [0.25, 0.3) is 10.8 Å². The van der Waals surface area contributed by atoms with Crippen molar-refractivity contribution in [3.8, 4) is 5.75 Å². The van der Waals surface area contributed by atoms with Gasteiger partial charge in [0.25, 0.3) is 0 Å². The zero-order valence-electron chi connectivity index (χ0n) is 11.2. The Balaban J connectivity index is 2.15. The first kappa shape index (κ1) is 12.6. The van der Waals surface area contributed by atoms with Crippen molar-refractivity contribution in [1.82, 2.24) is 9.97 Å². The highest BCUT2D eigenvalue weighted by atomic mass is 16.5. The molecule has 0 aliphatic heterocycles. The third kappa shape index (κ3) is 2.10. The molecule has 4 nitrogen and oxygen atoms in total. The summed E-state index contributed by atoms with van der Waals surface area (Å²) in [5, 5.41) is 2.15. The first-order chi connectivity index (χ1) is 9.81. The van der Waals surface area contributed by atoms with Crippen LogP contribution >= 0.6 is 0 Å². The summed E-state index contributed by atoms with van der Waals surface area (Å²) < 4.78 is 5.33. The quantitative estimate of drug-likeness (QED) is 0.791. The van der Waals surface area contributed by atoms with E-state index in [0.29, 0.717) is 11.4 Å². The average molecular weight is 265 g/mol. The first-order valence-corrected chi connectivity index (χ1v) is 6.39. The fraction of sp³-hybridized carbons (Fsp3) is 0.125. The van der Waals surface area contributed by atoms with E-state index in [1.807, 2.05) is 42.5 Å². The van der Waals surface area contributed by atoms with E-state index in [0.717, 1.165) is 16.5 Å². The van der Waals surface area contributed by atoms with Crippen molar-refractivity contribution in [1.29, 1.82) is 0 Å². The van der Waals surface area contributed by atoms with Crippen molar-refractivity contribution in [2.75, 3.05) is 7.11 Å². The van der Waals surface area contributed by atoms with E-state index in [-0.39, 0.29) is 0 Å². The third-order valence-corrected chi connectivity index (χ3v) is 3.31. The van der Waals surface area contributed by atoms with Crippen molar-refractivity contribution < 1.29 is 4.74 Å². The van der Waals surface area contributed by atoms with Gasteiger partial charge in [0.15, 0.2) is 0 Å². The molecule has 0 fully saturated rings. The first-order valence-electron chi connectivity index (χ1n) is 6.39. The number of fused-ring (bicyclic) bond motifs is 1. The molecule has 3 rings (SSSR count). The summed E-state index contributed by atoms with van der Waals surface area (Å²) >= 11 is 0. The Kier molecular flexibility index (Phi) is 3.31. The smallest absolute Gasteiger partial charge is 0.142 e. The van der Waals surface area contributed by atoms with Crippen LogP contribution in [-0.4, -0.2) is 17.1 Å². The van der Waals surface area contributed by atoms with Crippen molar-refractivity contribution in [2.24, 2.45) is 5.73 Å². The van der Waals surface area contributed by atoms with E-state index in [1.165, 1.54) is 0 Å². The van der Waals surface area contributed by atoms with Gasteiger partial charge in [-0.3, -0.25) is 9.97 Å². The van der Waals surface area contributed by atoms with Gasteiger partial charge in [0.05, 0.1) is 18.8 Å². The molecule has 0 radical (unpaired) electrons. The van der Waals surface area contributed by atoms with Crippen molar-refractivity contribution in [3.63, 3.8) is 0 Å². The molecule has 4 heteroatoms. The number of hydrogen-bond acceptors (Lipinski definition) is 4. The molecule has 1 unspecified atom stereocenters. The molecular weight excluding hydrogens is 250 g/mol. The monoisotopic (exact) mass is 265 g/mol. The third-order valence-electron chi connectivity index (χ3n) is 3.31. The molecule has 1 aromatic carbocycles. The molecule has 0 saturated heterocycles. The van der Waals surface area contributed by atoms with Crippen LogP contribution in [0, 0.1) is 0 Å². The van der Waals surface area contributed by atoms with Crippen molar-refractivity contribution >= 4 is 10.8 Å². The molecule has 0 amide bonds. The summed E-state index contributed by atoms with van der Waals surface area (Å²) in [6.07, 6.45) is 3.48. The van der Waals surface area contributed by atoms with Crippen LogP contribution in [0.3, 0.4) is 0 Å². The molecule has 0 bridgehead atoms. The van der Waals surface area contributed by atoms with Gasteiger partial charge in [-0.1, -0.05) is 24.3 Å².